The Bertz CT molecular complexity index is 597. The van der Waals surface area contributed by atoms with Gasteiger partial charge in [-0.05, 0) is 19.1 Å². The zero-order valence-corrected chi connectivity index (χ0v) is 12.5. The first-order valence-electron chi connectivity index (χ1n) is 6.32. The van der Waals surface area contributed by atoms with Crippen molar-refractivity contribution >= 4 is 11.7 Å². The van der Waals surface area contributed by atoms with Gasteiger partial charge in [-0.1, -0.05) is 6.58 Å². The molecular weight excluding hydrogens is 294 g/mol. The minimum Gasteiger partial charge on any atom is -0.493 e. The molecule has 0 spiro atoms. The van der Waals surface area contributed by atoms with Gasteiger partial charge < -0.3 is 19.3 Å². The van der Waals surface area contributed by atoms with E-state index >= 15 is 0 Å². The van der Waals surface area contributed by atoms with E-state index in [9.17, 15) is 20.0 Å². The Labute approximate surface area is 127 Å². The first-order valence-corrected chi connectivity index (χ1v) is 6.32. The third-order valence-electron chi connectivity index (χ3n) is 2.90. The molecule has 0 saturated carbocycles. The summed E-state index contributed by atoms with van der Waals surface area (Å²) in [7, 11) is 2.57. The maximum atomic E-state index is 11.6. The average Bonchev–Trinajstić information content (AvgIpc) is 2.51. The number of methoxy groups -OCH3 is 2. The predicted molar refractivity (Wildman–Crippen MR) is 76.9 cm³/mol. The van der Waals surface area contributed by atoms with Gasteiger partial charge in [0.2, 0.25) is 5.75 Å². The molecule has 0 saturated heterocycles. The van der Waals surface area contributed by atoms with Crippen molar-refractivity contribution in [2.24, 2.45) is 0 Å². The maximum absolute atomic E-state index is 11.6. The quantitative estimate of drug-likeness (QED) is 0.354. The van der Waals surface area contributed by atoms with E-state index in [1.54, 1.807) is 6.92 Å². The highest BCUT2D eigenvalue weighted by Crippen LogP contribution is 2.42. The standard InChI is InChI=1S/C14H17NO7/c1-5-22-14(17)8(2)12(16)9-6-7-10(20-3)13(21-4)11(9)15(18)19/h6-7,12,16H,2,5H2,1,3-4H3. The molecule has 0 fully saturated rings. The average molecular weight is 311 g/mol. The zero-order chi connectivity index (χ0) is 16.9. The zero-order valence-electron chi connectivity index (χ0n) is 12.5. The topological polar surface area (TPSA) is 108 Å². The number of carbonyl (C=O) groups is 1. The molecule has 0 aliphatic heterocycles. The van der Waals surface area contributed by atoms with Gasteiger partial charge in [0.15, 0.2) is 5.75 Å². The number of nitro groups is 1. The van der Waals surface area contributed by atoms with Crippen molar-refractivity contribution < 1.29 is 29.0 Å². The third kappa shape index (κ3) is 3.34. The van der Waals surface area contributed by atoms with E-state index in [1.807, 2.05) is 0 Å². The summed E-state index contributed by atoms with van der Waals surface area (Å²) in [6.45, 7) is 5.12. The van der Waals surface area contributed by atoms with Gasteiger partial charge in [0.1, 0.15) is 6.10 Å². The van der Waals surface area contributed by atoms with Crippen molar-refractivity contribution in [2.75, 3.05) is 20.8 Å². The summed E-state index contributed by atoms with van der Waals surface area (Å²) < 4.78 is 14.7. The molecule has 120 valence electrons. The molecule has 1 aromatic rings. The van der Waals surface area contributed by atoms with Crippen molar-refractivity contribution in [1.82, 2.24) is 0 Å². The second kappa shape index (κ2) is 7.41. The van der Waals surface area contributed by atoms with Gasteiger partial charge >= 0.3 is 11.7 Å². The summed E-state index contributed by atoms with van der Waals surface area (Å²) >= 11 is 0. The summed E-state index contributed by atoms with van der Waals surface area (Å²) in [5, 5.41) is 21.5. The highest BCUT2D eigenvalue weighted by atomic mass is 16.6. The number of hydrogen-bond acceptors (Lipinski definition) is 7. The lowest BCUT2D eigenvalue weighted by molar-refractivity contribution is -0.387. The Hall–Kier alpha value is -2.61. The Kier molecular flexibility index (Phi) is 5.88. The fourth-order valence-corrected chi connectivity index (χ4v) is 1.86. The number of aliphatic hydroxyl groups excluding tert-OH is 1. The third-order valence-corrected chi connectivity index (χ3v) is 2.90. The van der Waals surface area contributed by atoms with E-state index < -0.39 is 22.7 Å². The Morgan fingerprint density at radius 1 is 1.41 bits per heavy atom. The molecule has 22 heavy (non-hydrogen) atoms. The van der Waals surface area contributed by atoms with E-state index in [2.05, 4.69) is 6.58 Å². The van der Waals surface area contributed by atoms with Crippen LogP contribution in [-0.2, 0) is 9.53 Å². The SMILES string of the molecule is C=C(C(=O)OCC)C(O)c1ccc(OC)c(OC)c1[N+](=O)[O-]. The summed E-state index contributed by atoms with van der Waals surface area (Å²) in [6.07, 6.45) is -1.60. The highest BCUT2D eigenvalue weighted by molar-refractivity contribution is 5.89. The molecule has 0 aromatic heterocycles. The molecule has 8 heteroatoms. The Morgan fingerprint density at radius 2 is 2.05 bits per heavy atom. The van der Waals surface area contributed by atoms with Crippen LogP contribution in [0.15, 0.2) is 24.3 Å². The minimum atomic E-state index is -1.60. The number of nitrogens with zero attached hydrogens (tertiary/aromatic N) is 1. The number of rotatable bonds is 7. The van der Waals surface area contributed by atoms with Crippen LogP contribution in [0.5, 0.6) is 11.5 Å². The van der Waals surface area contributed by atoms with Crippen LogP contribution in [0, 0.1) is 10.1 Å². The first-order chi connectivity index (χ1) is 10.4. The number of ether oxygens (including phenoxy) is 3. The van der Waals surface area contributed by atoms with E-state index in [4.69, 9.17) is 14.2 Å². The number of nitro benzene ring substituents is 1. The van der Waals surface area contributed by atoms with Gasteiger partial charge in [0, 0.05) is 0 Å². The van der Waals surface area contributed by atoms with Gasteiger partial charge in [0.25, 0.3) is 0 Å². The second-order valence-electron chi connectivity index (χ2n) is 4.14. The fourth-order valence-electron chi connectivity index (χ4n) is 1.86. The molecule has 8 nitrogen and oxygen atoms in total. The normalized spacial score (nSPS) is 11.5. The lowest BCUT2D eigenvalue weighted by Crippen LogP contribution is -2.15. The molecule has 0 heterocycles. The number of esters is 1. The lowest BCUT2D eigenvalue weighted by Gasteiger charge is -2.16. The smallest absolute Gasteiger partial charge is 0.336 e. The van der Waals surface area contributed by atoms with Crippen molar-refractivity contribution in [2.45, 2.75) is 13.0 Å². The molecule has 0 aliphatic carbocycles. The molecule has 1 unspecified atom stereocenters. The number of aliphatic hydroxyl groups is 1. The molecule has 1 aromatic carbocycles. The van der Waals surface area contributed by atoms with Gasteiger partial charge in [-0.15, -0.1) is 0 Å². The summed E-state index contributed by atoms with van der Waals surface area (Å²) in [4.78, 5) is 22.2. The minimum absolute atomic E-state index is 0.0958. The van der Waals surface area contributed by atoms with Gasteiger partial charge in [-0.25, -0.2) is 4.79 Å². The van der Waals surface area contributed by atoms with Crippen molar-refractivity contribution in [3.05, 3.63) is 40.0 Å². The summed E-state index contributed by atoms with van der Waals surface area (Å²) in [5.74, 6) is -0.855. The van der Waals surface area contributed by atoms with E-state index in [-0.39, 0.29) is 29.2 Å². The number of benzene rings is 1. The second-order valence-corrected chi connectivity index (χ2v) is 4.14. The van der Waals surface area contributed by atoms with Crippen LogP contribution in [0.2, 0.25) is 0 Å². The molecule has 0 bridgehead atoms. The van der Waals surface area contributed by atoms with Crippen LogP contribution in [0.1, 0.15) is 18.6 Å². The van der Waals surface area contributed by atoms with Crippen LogP contribution >= 0.6 is 0 Å². The highest BCUT2D eigenvalue weighted by Gasteiger charge is 2.32. The lowest BCUT2D eigenvalue weighted by atomic mass is 10.00. The molecule has 0 radical (unpaired) electrons. The first kappa shape index (κ1) is 17.4. The molecule has 1 rings (SSSR count). The Balaban J connectivity index is 3.38. The van der Waals surface area contributed by atoms with Crippen LogP contribution in [-0.4, -0.2) is 36.8 Å². The van der Waals surface area contributed by atoms with Crippen molar-refractivity contribution in [1.29, 1.82) is 0 Å². The number of carbonyl (C=O) groups excluding carboxylic acids is 1. The molecular formula is C14H17NO7. The van der Waals surface area contributed by atoms with E-state index in [0.29, 0.717) is 0 Å². The molecule has 1 N–H and O–H groups in total. The molecule has 1 atom stereocenters. The number of hydrogen-bond donors (Lipinski definition) is 1. The monoisotopic (exact) mass is 311 g/mol. The van der Waals surface area contributed by atoms with Gasteiger partial charge in [-0.2, -0.15) is 0 Å². The molecule has 0 aliphatic rings. The van der Waals surface area contributed by atoms with Crippen LogP contribution in [0.4, 0.5) is 5.69 Å². The van der Waals surface area contributed by atoms with Crippen LogP contribution in [0.3, 0.4) is 0 Å². The largest absolute Gasteiger partial charge is 0.493 e. The Morgan fingerprint density at radius 3 is 2.50 bits per heavy atom. The predicted octanol–water partition coefficient (Wildman–Crippen LogP) is 1.76. The summed E-state index contributed by atoms with van der Waals surface area (Å²) in [5.41, 5.74) is -0.947. The molecule has 0 amide bonds. The van der Waals surface area contributed by atoms with E-state index in [1.165, 1.54) is 26.4 Å². The fraction of sp³-hybridized carbons (Fsp3) is 0.357. The van der Waals surface area contributed by atoms with Crippen molar-refractivity contribution in [3.63, 3.8) is 0 Å². The van der Waals surface area contributed by atoms with Crippen LogP contribution < -0.4 is 9.47 Å². The van der Waals surface area contributed by atoms with Crippen LogP contribution in [0.25, 0.3) is 0 Å². The van der Waals surface area contributed by atoms with Gasteiger partial charge in [-0.3, -0.25) is 10.1 Å². The van der Waals surface area contributed by atoms with E-state index in [0.717, 1.165) is 0 Å². The van der Waals surface area contributed by atoms with Gasteiger partial charge in [0.05, 0.1) is 36.9 Å². The maximum Gasteiger partial charge on any atom is 0.336 e. The summed E-state index contributed by atoms with van der Waals surface area (Å²) in [6, 6.07) is 2.66. The van der Waals surface area contributed by atoms with Crippen molar-refractivity contribution in [3.8, 4) is 11.5 Å².